The molecule has 0 spiro atoms. The van der Waals surface area contributed by atoms with E-state index in [0.717, 1.165) is 17.4 Å². The van der Waals surface area contributed by atoms with E-state index in [-0.39, 0.29) is 37.7 Å². The molecule has 2 aromatic rings. The Morgan fingerprint density at radius 1 is 1.06 bits per heavy atom. The lowest BCUT2D eigenvalue weighted by Crippen LogP contribution is -2.47. The van der Waals surface area contributed by atoms with Crippen LogP contribution in [0.5, 0.6) is 0 Å². The molecule has 34 heavy (non-hydrogen) atoms. The number of rotatable bonds is 10. The average molecular weight is 529 g/mol. The van der Waals surface area contributed by atoms with Crippen LogP contribution in [0.1, 0.15) is 36.5 Å². The Morgan fingerprint density at radius 2 is 1.68 bits per heavy atom. The molecule has 1 atom stereocenters. The zero-order chi connectivity index (χ0) is 25.6. The zero-order valence-electron chi connectivity index (χ0n) is 20.1. The standard InChI is InChI=1S/C24H31Cl2N3O4S/c1-16-11-12-19(14-17(16)2)29(34(5,32)33)13-7-10-23(30)28(18(3)24(31)27-4)15-20-21(25)8-6-9-22(20)26/h6,8-9,11-12,14,18H,7,10,13,15H2,1-5H3,(H,27,31)/t18-/m1/s1. The molecule has 10 heteroatoms. The first kappa shape index (κ1) is 28.0. The van der Waals surface area contributed by atoms with Crippen LogP contribution in [0, 0.1) is 13.8 Å². The molecular formula is C24H31Cl2N3O4S. The molecule has 0 heterocycles. The molecule has 0 radical (unpaired) electrons. The minimum Gasteiger partial charge on any atom is -0.357 e. The number of aryl methyl sites for hydroxylation is 2. The predicted molar refractivity (Wildman–Crippen MR) is 138 cm³/mol. The fourth-order valence-corrected chi connectivity index (χ4v) is 5.00. The monoisotopic (exact) mass is 527 g/mol. The molecule has 186 valence electrons. The first-order valence-electron chi connectivity index (χ1n) is 10.9. The first-order valence-corrected chi connectivity index (χ1v) is 13.5. The van der Waals surface area contributed by atoms with Crippen LogP contribution in [0.3, 0.4) is 0 Å². The number of carbonyl (C=O) groups excluding carboxylic acids is 2. The van der Waals surface area contributed by atoms with E-state index in [1.165, 1.54) is 16.3 Å². The van der Waals surface area contributed by atoms with Crippen LogP contribution in [0.25, 0.3) is 0 Å². The lowest BCUT2D eigenvalue weighted by molar-refractivity contribution is -0.140. The maximum atomic E-state index is 13.2. The summed E-state index contributed by atoms with van der Waals surface area (Å²) in [5.74, 6) is -0.634. The fourth-order valence-electron chi connectivity index (χ4n) is 3.53. The molecule has 7 nitrogen and oxygen atoms in total. The molecule has 0 aliphatic heterocycles. The lowest BCUT2D eigenvalue weighted by Gasteiger charge is -2.29. The largest absolute Gasteiger partial charge is 0.357 e. The smallest absolute Gasteiger partial charge is 0.242 e. The summed E-state index contributed by atoms with van der Waals surface area (Å²) < 4.78 is 26.2. The predicted octanol–water partition coefficient (Wildman–Crippen LogP) is 4.32. The van der Waals surface area contributed by atoms with Crippen molar-refractivity contribution in [2.75, 3.05) is 24.2 Å². The van der Waals surface area contributed by atoms with Crippen molar-refractivity contribution >= 4 is 50.7 Å². The highest BCUT2D eigenvalue weighted by atomic mass is 35.5. The first-order chi connectivity index (χ1) is 15.9. The topological polar surface area (TPSA) is 86.8 Å². The molecule has 0 aliphatic rings. The minimum absolute atomic E-state index is 0.0419. The van der Waals surface area contributed by atoms with Crippen LogP contribution < -0.4 is 9.62 Å². The van der Waals surface area contributed by atoms with Gasteiger partial charge < -0.3 is 10.2 Å². The molecular weight excluding hydrogens is 497 g/mol. The molecule has 0 aliphatic carbocycles. The van der Waals surface area contributed by atoms with Gasteiger partial charge in [-0.3, -0.25) is 13.9 Å². The van der Waals surface area contributed by atoms with Crippen LogP contribution in [0.2, 0.25) is 10.0 Å². The Bertz CT molecular complexity index is 1130. The maximum absolute atomic E-state index is 13.2. The fraction of sp³-hybridized carbons (Fsp3) is 0.417. The van der Waals surface area contributed by atoms with Gasteiger partial charge in [0.25, 0.3) is 0 Å². The number of carbonyl (C=O) groups is 2. The average Bonchev–Trinajstić information content (AvgIpc) is 2.76. The van der Waals surface area contributed by atoms with E-state index in [1.807, 2.05) is 26.0 Å². The summed E-state index contributed by atoms with van der Waals surface area (Å²) >= 11 is 12.6. The second kappa shape index (κ2) is 11.9. The number of amides is 2. The van der Waals surface area contributed by atoms with Gasteiger partial charge in [0.1, 0.15) is 6.04 Å². The minimum atomic E-state index is -3.55. The summed E-state index contributed by atoms with van der Waals surface area (Å²) in [4.78, 5) is 26.9. The molecule has 2 aromatic carbocycles. The van der Waals surface area contributed by atoms with Gasteiger partial charge in [-0.2, -0.15) is 0 Å². The molecule has 2 amide bonds. The molecule has 0 saturated carbocycles. The van der Waals surface area contributed by atoms with Crippen molar-refractivity contribution in [3.05, 3.63) is 63.1 Å². The summed E-state index contributed by atoms with van der Waals surface area (Å²) in [6.07, 6.45) is 1.45. The highest BCUT2D eigenvalue weighted by molar-refractivity contribution is 7.92. The van der Waals surface area contributed by atoms with Crippen LogP contribution in [-0.2, 0) is 26.2 Å². The van der Waals surface area contributed by atoms with Gasteiger partial charge in [0.05, 0.1) is 11.9 Å². The third-order valence-corrected chi connectivity index (χ3v) is 7.64. The number of halogens is 2. The molecule has 2 rings (SSSR count). The maximum Gasteiger partial charge on any atom is 0.242 e. The summed E-state index contributed by atoms with van der Waals surface area (Å²) in [5, 5.41) is 3.35. The molecule has 0 saturated heterocycles. The Balaban J connectivity index is 2.21. The second-order valence-electron chi connectivity index (χ2n) is 8.22. The third-order valence-electron chi connectivity index (χ3n) is 5.73. The Kier molecular flexibility index (Phi) is 9.79. The SMILES string of the molecule is CNC(=O)[C@@H](C)N(Cc1c(Cl)cccc1Cl)C(=O)CCCN(c1ccc(C)c(C)c1)S(C)(=O)=O. The van der Waals surface area contributed by atoms with E-state index in [2.05, 4.69) is 5.32 Å². The molecule has 0 unspecified atom stereocenters. The van der Waals surface area contributed by atoms with Crippen molar-refractivity contribution in [3.8, 4) is 0 Å². The van der Waals surface area contributed by atoms with Crippen molar-refractivity contribution in [3.63, 3.8) is 0 Å². The lowest BCUT2D eigenvalue weighted by atomic mass is 10.1. The normalized spacial score (nSPS) is 12.2. The number of hydrogen-bond donors (Lipinski definition) is 1. The van der Waals surface area contributed by atoms with Gasteiger partial charge in [-0.05, 0) is 62.6 Å². The number of sulfonamides is 1. The number of nitrogens with one attached hydrogen (secondary N) is 1. The van der Waals surface area contributed by atoms with E-state index in [1.54, 1.807) is 31.2 Å². The highest BCUT2D eigenvalue weighted by Crippen LogP contribution is 2.27. The third kappa shape index (κ3) is 7.10. The van der Waals surface area contributed by atoms with Crippen molar-refractivity contribution in [2.24, 2.45) is 0 Å². The number of benzene rings is 2. The Morgan fingerprint density at radius 3 is 2.21 bits per heavy atom. The van der Waals surface area contributed by atoms with Crippen LogP contribution >= 0.6 is 23.2 Å². The van der Waals surface area contributed by atoms with Crippen molar-refractivity contribution in [1.29, 1.82) is 0 Å². The van der Waals surface area contributed by atoms with Gasteiger partial charge in [0.15, 0.2) is 0 Å². The molecule has 0 bridgehead atoms. The summed E-state index contributed by atoms with van der Waals surface area (Å²) in [6.45, 7) is 5.68. The van der Waals surface area contributed by atoms with Gasteiger partial charge in [0, 0.05) is 42.2 Å². The van der Waals surface area contributed by atoms with Crippen molar-refractivity contribution in [1.82, 2.24) is 10.2 Å². The number of anilines is 1. The van der Waals surface area contributed by atoms with Gasteiger partial charge >= 0.3 is 0 Å². The number of nitrogens with zero attached hydrogens (tertiary/aromatic N) is 2. The molecule has 0 aromatic heterocycles. The van der Waals surface area contributed by atoms with E-state index in [4.69, 9.17) is 23.2 Å². The van der Waals surface area contributed by atoms with Gasteiger partial charge in [-0.25, -0.2) is 8.42 Å². The Labute approximate surface area is 212 Å². The van der Waals surface area contributed by atoms with Gasteiger partial charge in [-0.15, -0.1) is 0 Å². The Hall–Kier alpha value is -2.29. The van der Waals surface area contributed by atoms with Gasteiger partial charge in [0.2, 0.25) is 21.8 Å². The molecule has 1 N–H and O–H groups in total. The summed E-state index contributed by atoms with van der Waals surface area (Å²) in [6, 6.07) is 9.72. The van der Waals surface area contributed by atoms with E-state index >= 15 is 0 Å². The van der Waals surface area contributed by atoms with Crippen LogP contribution in [0.15, 0.2) is 36.4 Å². The van der Waals surface area contributed by atoms with Crippen LogP contribution in [0.4, 0.5) is 5.69 Å². The zero-order valence-corrected chi connectivity index (χ0v) is 22.4. The highest BCUT2D eigenvalue weighted by Gasteiger charge is 2.27. The molecule has 0 fully saturated rings. The number of hydrogen-bond acceptors (Lipinski definition) is 4. The summed E-state index contributed by atoms with van der Waals surface area (Å²) in [5.41, 5.74) is 3.13. The van der Waals surface area contributed by atoms with E-state index in [9.17, 15) is 18.0 Å². The quantitative estimate of drug-likeness (QED) is 0.498. The van der Waals surface area contributed by atoms with Crippen molar-refractivity contribution in [2.45, 2.75) is 46.2 Å². The van der Waals surface area contributed by atoms with E-state index < -0.39 is 16.1 Å². The van der Waals surface area contributed by atoms with E-state index in [0.29, 0.717) is 21.3 Å². The number of likely N-dealkylation sites (N-methyl/N-ethyl adjacent to an activating group) is 1. The van der Waals surface area contributed by atoms with Crippen molar-refractivity contribution < 1.29 is 18.0 Å². The summed E-state index contributed by atoms with van der Waals surface area (Å²) in [7, 11) is -2.05. The van der Waals surface area contributed by atoms with Gasteiger partial charge in [-0.1, -0.05) is 35.3 Å². The van der Waals surface area contributed by atoms with Crippen LogP contribution in [-0.4, -0.2) is 51.0 Å². The second-order valence-corrected chi connectivity index (χ2v) is 10.9.